The smallest absolute Gasteiger partial charge is 0.254 e. The summed E-state index contributed by atoms with van der Waals surface area (Å²) < 4.78 is 23.7. The summed E-state index contributed by atoms with van der Waals surface area (Å²) in [5.74, 6) is -0.0993. The number of carbonyl (C=O) groups is 1. The Morgan fingerprint density at radius 1 is 1.22 bits per heavy atom. The van der Waals surface area contributed by atoms with E-state index in [4.69, 9.17) is 0 Å². The highest BCUT2D eigenvalue weighted by Gasteiger charge is 2.25. The number of carbonyl (C=O) groups excluding carboxylic acids is 1. The first-order valence-electron chi connectivity index (χ1n) is 7.74. The van der Waals surface area contributed by atoms with Crippen LogP contribution in [0.2, 0.25) is 0 Å². The number of aromatic nitrogens is 1. The normalized spacial score (nSPS) is 13.0. The standard InChI is InChI=1S/C17H22N2O3S/c1-4-19(13(3)12-23(21,22)5-2)17(20)15-8-6-10-16-14(15)9-7-11-18-16/h6-11,13H,4-5,12H2,1-3H3. The van der Waals surface area contributed by atoms with Gasteiger partial charge in [-0.3, -0.25) is 9.78 Å². The zero-order valence-electron chi connectivity index (χ0n) is 13.7. The van der Waals surface area contributed by atoms with Gasteiger partial charge in [-0.05, 0) is 32.0 Å². The summed E-state index contributed by atoms with van der Waals surface area (Å²) in [7, 11) is -3.14. The van der Waals surface area contributed by atoms with Crippen molar-refractivity contribution >= 4 is 26.6 Å². The first-order valence-corrected chi connectivity index (χ1v) is 9.57. The van der Waals surface area contributed by atoms with Gasteiger partial charge in [-0.2, -0.15) is 0 Å². The molecule has 0 fully saturated rings. The SMILES string of the molecule is CCN(C(=O)c1cccc2ncccc12)C(C)CS(=O)(=O)CC. The van der Waals surface area contributed by atoms with Gasteiger partial charge in [0.25, 0.3) is 5.91 Å². The average Bonchev–Trinajstić information content (AvgIpc) is 2.54. The molecule has 1 heterocycles. The van der Waals surface area contributed by atoms with Crippen LogP contribution in [0, 0.1) is 0 Å². The lowest BCUT2D eigenvalue weighted by Crippen LogP contribution is -2.42. The number of hydrogen-bond donors (Lipinski definition) is 0. The third-order valence-electron chi connectivity index (χ3n) is 3.94. The zero-order valence-corrected chi connectivity index (χ0v) is 14.5. The molecule has 0 saturated carbocycles. The van der Waals surface area contributed by atoms with Crippen molar-refractivity contribution in [2.75, 3.05) is 18.1 Å². The van der Waals surface area contributed by atoms with E-state index in [-0.39, 0.29) is 23.5 Å². The Bertz CT molecular complexity index is 797. The highest BCUT2D eigenvalue weighted by Crippen LogP contribution is 2.19. The lowest BCUT2D eigenvalue weighted by molar-refractivity contribution is 0.0721. The van der Waals surface area contributed by atoms with Crippen molar-refractivity contribution in [3.8, 4) is 0 Å². The van der Waals surface area contributed by atoms with Gasteiger partial charge in [0.1, 0.15) is 0 Å². The van der Waals surface area contributed by atoms with Gasteiger partial charge in [-0.15, -0.1) is 0 Å². The Morgan fingerprint density at radius 3 is 2.61 bits per heavy atom. The molecule has 124 valence electrons. The molecule has 0 spiro atoms. The summed E-state index contributed by atoms with van der Waals surface area (Å²) in [6.45, 7) is 5.71. The molecule has 1 aromatic carbocycles. The number of sulfone groups is 1. The Labute approximate surface area is 137 Å². The maximum atomic E-state index is 12.9. The third kappa shape index (κ3) is 3.88. The average molecular weight is 334 g/mol. The highest BCUT2D eigenvalue weighted by atomic mass is 32.2. The maximum Gasteiger partial charge on any atom is 0.254 e. The van der Waals surface area contributed by atoms with Gasteiger partial charge >= 0.3 is 0 Å². The molecule has 0 radical (unpaired) electrons. The number of pyridine rings is 1. The quantitative estimate of drug-likeness (QED) is 0.814. The molecule has 1 unspecified atom stereocenters. The van der Waals surface area contributed by atoms with E-state index in [0.717, 1.165) is 10.9 Å². The lowest BCUT2D eigenvalue weighted by Gasteiger charge is -2.28. The summed E-state index contributed by atoms with van der Waals surface area (Å²) in [5.41, 5.74) is 1.31. The second-order valence-corrected chi connectivity index (χ2v) is 7.91. The van der Waals surface area contributed by atoms with Crippen molar-refractivity contribution in [3.05, 3.63) is 42.1 Å². The molecular formula is C17H22N2O3S. The van der Waals surface area contributed by atoms with Crippen molar-refractivity contribution < 1.29 is 13.2 Å². The molecule has 0 aliphatic heterocycles. The maximum absolute atomic E-state index is 12.9. The largest absolute Gasteiger partial charge is 0.335 e. The van der Waals surface area contributed by atoms with Crippen molar-refractivity contribution in [2.45, 2.75) is 26.8 Å². The van der Waals surface area contributed by atoms with Crippen LogP contribution in [0.25, 0.3) is 10.9 Å². The molecule has 0 aliphatic rings. The van der Waals surface area contributed by atoms with Gasteiger partial charge in [0.2, 0.25) is 0 Å². The molecule has 0 bridgehead atoms. The number of hydrogen-bond acceptors (Lipinski definition) is 4. The fraction of sp³-hybridized carbons (Fsp3) is 0.412. The van der Waals surface area contributed by atoms with Gasteiger partial charge in [0, 0.05) is 35.5 Å². The fourth-order valence-corrected chi connectivity index (χ4v) is 3.83. The van der Waals surface area contributed by atoms with Crippen LogP contribution in [0.3, 0.4) is 0 Å². The number of rotatable bonds is 6. The van der Waals surface area contributed by atoms with Crippen LogP contribution in [0.15, 0.2) is 36.5 Å². The van der Waals surface area contributed by atoms with E-state index in [1.165, 1.54) is 0 Å². The Morgan fingerprint density at radius 2 is 1.96 bits per heavy atom. The van der Waals surface area contributed by atoms with Crippen molar-refractivity contribution in [3.63, 3.8) is 0 Å². The van der Waals surface area contributed by atoms with E-state index in [9.17, 15) is 13.2 Å². The van der Waals surface area contributed by atoms with Crippen LogP contribution in [0.5, 0.6) is 0 Å². The monoisotopic (exact) mass is 334 g/mol. The van der Waals surface area contributed by atoms with Gasteiger partial charge in [-0.25, -0.2) is 8.42 Å². The Hall–Kier alpha value is -1.95. The van der Waals surface area contributed by atoms with Gasteiger partial charge in [-0.1, -0.05) is 19.1 Å². The van der Waals surface area contributed by atoms with Crippen molar-refractivity contribution in [1.82, 2.24) is 9.88 Å². The predicted molar refractivity (Wildman–Crippen MR) is 92.2 cm³/mol. The minimum atomic E-state index is -3.14. The van der Waals surface area contributed by atoms with E-state index < -0.39 is 9.84 Å². The molecular weight excluding hydrogens is 312 g/mol. The van der Waals surface area contributed by atoms with Crippen molar-refractivity contribution in [2.24, 2.45) is 0 Å². The van der Waals surface area contributed by atoms with Crippen LogP contribution in [0.4, 0.5) is 0 Å². The predicted octanol–water partition coefficient (Wildman–Crippen LogP) is 2.52. The summed E-state index contributed by atoms with van der Waals surface area (Å²) in [5, 5.41) is 0.781. The first kappa shape index (κ1) is 17.4. The van der Waals surface area contributed by atoms with Gasteiger partial charge in [0.05, 0.1) is 11.3 Å². The molecule has 2 rings (SSSR count). The van der Waals surface area contributed by atoms with Crippen LogP contribution >= 0.6 is 0 Å². The van der Waals surface area contributed by atoms with Crippen LogP contribution in [-0.4, -0.2) is 48.3 Å². The minimum absolute atomic E-state index is 0.0217. The van der Waals surface area contributed by atoms with E-state index >= 15 is 0 Å². The molecule has 0 aliphatic carbocycles. The zero-order chi connectivity index (χ0) is 17.0. The van der Waals surface area contributed by atoms with Crippen LogP contribution in [0.1, 0.15) is 31.1 Å². The summed E-state index contributed by atoms with van der Waals surface area (Å²) in [4.78, 5) is 18.8. The Balaban J connectivity index is 2.36. The van der Waals surface area contributed by atoms with Crippen LogP contribution in [-0.2, 0) is 9.84 Å². The summed E-state index contributed by atoms with van der Waals surface area (Å²) in [6.07, 6.45) is 1.69. The minimum Gasteiger partial charge on any atom is -0.335 e. The molecule has 6 heteroatoms. The summed E-state index contributed by atoms with van der Waals surface area (Å²) in [6, 6.07) is 8.69. The topological polar surface area (TPSA) is 67.3 Å². The van der Waals surface area contributed by atoms with Gasteiger partial charge < -0.3 is 4.90 Å². The Kier molecular flexibility index (Phi) is 5.36. The number of benzene rings is 1. The first-order chi connectivity index (χ1) is 10.9. The molecule has 1 aromatic heterocycles. The number of nitrogens with zero attached hydrogens (tertiary/aromatic N) is 2. The number of fused-ring (bicyclic) bond motifs is 1. The van der Waals surface area contributed by atoms with E-state index in [0.29, 0.717) is 12.1 Å². The lowest BCUT2D eigenvalue weighted by atomic mass is 10.1. The second-order valence-electron chi connectivity index (χ2n) is 5.51. The van der Waals surface area contributed by atoms with E-state index in [2.05, 4.69) is 4.98 Å². The molecule has 2 aromatic rings. The number of amides is 1. The molecule has 0 saturated heterocycles. The third-order valence-corrected chi connectivity index (χ3v) is 5.81. The molecule has 1 atom stereocenters. The second kappa shape index (κ2) is 7.08. The highest BCUT2D eigenvalue weighted by molar-refractivity contribution is 7.91. The molecule has 1 amide bonds. The van der Waals surface area contributed by atoms with Crippen LogP contribution < -0.4 is 0 Å². The molecule has 0 N–H and O–H groups in total. The molecule has 23 heavy (non-hydrogen) atoms. The van der Waals surface area contributed by atoms with Crippen molar-refractivity contribution in [1.29, 1.82) is 0 Å². The van der Waals surface area contributed by atoms with Gasteiger partial charge in [0.15, 0.2) is 9.84 Å². The summed E-state index contributed by atoms with van der Waals surface area (Å²) >= 11 is 0. The fourth-order valence-electron chi connectivity index (χ4n) is 2.68. The van der Waals surface area contributed by atoms with E-state index in [1.807, 2.05) is 19.1 Å². The molecule has 5 nitrogen and oxygen atoms in total. The van der Waals surface area contributed by atoms with E-state index in [1.54, 1.807) is 43.1 Å².